The molecule has 1 aromatic carbocycles. The summed E-state index contributed by atoms with van der Waals surface area (Å²) in [5, 5.41) is 3.38. The van der Waals surface area contributed by atoms with Crippen LogP contribution in [0.5, 0.6) is 5.75 Å². The van der Waals surface area contributed by atoms with Crippen molar-refractivity contribution in [2.45, 2.75) is 44.4 Å². The number of rotatable bonds is 6. The second kappa shape index (κ2) is 5.88. The number of halogens is 1. The number of hydrogen-bond donors (Lipinski definition) is 1. The van der Waals surface area contributed by atoms with E-state index in [0.717, 1.165) is 25.0 Å². The van der Waals surface area contributed by atoms with E-state index in [-0.39, 0.29) is 11.9 Å². The van der Waals surface area contributed by atoms with Crippen molar-refractivity contribution < 1.29 is 13.9 Å². The lowest BCUT2D eigenvalue weighted by Crippen LogP contribution is -2.17. The van der Waals surface area contributed by atoms with Gasteiger partial charge >= 0.3 is 0 Å². The molecule has 1 aromatic rings. The first-order chi connectivity index (χ1) is 9.29. The Labute approximate surface area is 113 Å². The Kier molecular flexibility index (Phi) is 3.99. The summed E-state index contributed by atoms with van der Waals surface area (Å²) in [4.78, 5) is 0. The predicted octanol–water partition coefficient (Wildman–Crippen LogP) is 2.64. The van der Waals surface area contributed by atoms with Crippen molar-refractivity contribution in [2.24, 2.45) is 0 Å². The van der Waals surface area contributed by atoms with E-state index >= 15 is 0 Å². The summed E-state index contributed by atoms with van der Waals surface area (Å²) in [6.45, 7) is 2.03. The molecule has 3 nitrogen and oxygen atoms in total. The highest BCUT2D eigenvalue weighted by Crippen LogP contribution is 2.22. The Morgan fingerprint density at radius 1 is 1.26 bits per heavy atom. The van der Waals surface area contributed by atoms with Crippen molar-refractivity contribution in [3.63, 3.8) is 0 Å². The van der Waals surface area contributed by atoms with Crippen LogP contribution in [0.3, 0.4) is 0 Å². The van der Waals surface area contributed by atoms with E-state index in [1.807, 2.05) is 6.07 Å². The number of hydrogen-bond acceptors (Lipinski definition) is 3. The molecule has 1 saturated carbocycles. The van der Waals surface area contributed by atoms with Gasteiger partial charge in [-0.15, -0.1) is 0 Å². The molecule has 0 bridgehead atoms. The first-order valence-corrected chi connectivity index (χ1v) is 7.07. The molecule has 1 aliphatic heterocycles. The summed E-state index contributed by atoms with van der Waals surface area (Å²) in [5.41, 5.74) is 0.939. The number of ether oxygens (including phenoxy) is 2. The maximum Gasteiger partial charge on any atom is 0.127 e. The molecule has 104 valence electrons. The van der Waals surface area contributed by atoms with Gasteiger partial charge in [0.2, 0.25) is 0 Å². The largest absolute Gasteiger partial charge is 0.491 e. The van der Waals surface area contributed by atoms with Crippen LogP contribution < -0.4 is 10.1 Å². The normalized spacial score (nSPS) is 22.7. The third kappa shape index (κ3) is 3.91. The van der Waals surface area contributed by atoms with E-state index in [9.17, 15) is 4.39 Å². The fourth-order valence-corrected chi connectivity index (χ4v) is 2.32. The molecule has 0 amide bonds. The Morgan fingerprint density at radius 3 is 2.89 bits per heavy atom. The van der Waals surface area contributed by atoms with Crippen LogP contribution in [0.1, 0.15) is 31.2 Å². The van der Waals surface area contributed by atoms with Gasteiger partial charge in [0.15, 0.2) is 0 Å². The Bertz CT molecular complexity index is 428. The van der Waals surface area contributed by atoms with Crippen molar-refractivity contribution >= 4 is 0 Å². The average Bonchev–Trinajstić information content (AvgIpc) is 3.08. The molecule has 3 rings (SSSR count). The van der Waals surface area contributed by atoms with Gasteiger partial charge in [0, 0.05) is 25.3 Å². The second-order valence-corrected chi connectivity index (χ2v) is 5.40. The average molecular weight is 265 g/mol. The zero-order valence-corrected chi connectivity index (χ0v) is 11.0. The van der Waals surface area contributed by atoms with Crippen LogP contribution in [0.4, 0.5) is 4.39 Å². The van der Waals surface area contributed by atoms with Gasteiger partial charge in [0.05, 0.1) is 6.10 Å². The highest BCUT2D eigenvalue weighted by atomic mass is 19.1. The van der Waals surface area contributed by atoms with Gasteiger partial charge in [-0.05, 0) is 43.4 Å². The third-order valence-electron chi connectivity index (χ3n) is 3.56. The third-order valence-corrected chi connectivity index (χ3v) is 3.56. The quantitative estimate of drug-likeness (QED) is 0.857. The predicted molar refractivity (Wildman–Crippen MR) is 70.7 cm³/mol. The molecular formula is C15H20FNO2. The van der Waals surface area contributed by atoms with Crippen LogP contribution in [-0.4, -0.2) is 25.4 Å². The smallest absolute Gasteiger partial charge is 0.127 e. The molecule has 1 atom stereocenters. The van der Waals surface area contributed by atoms with Crippen molar-refractivity contribution in [2.75, 3.05) is 13.2 Å². The zero-order valence-electron chi connectivity index (χ0n) is 11.0. The summed E-state index contributed by atoms with van der Waals surface area (Å²) < 4.78 is 24.7. The van der Waals surface area contributed by atoms with Gasteiger partial charge in [-0.1, -0.05) is 0 Å². The molecule has 1 N–H and O–H groups in total. The van der Waals surface area contributed by atoms with Gasteiger partial charge in [0.1, 0.15) is 18.2 Å². The first kappa shape index (κ1) is 12.9. The molecule has 19 heavy (non-hydrogen) atoms. The van der Waals surface area contributed by atoms with E-state index in [0.29, 0.717) is 24.9 Å². The maximum atomic E-state index is 13.5. The van der Waals surface area contributed by atoms with E-state index < -0.39 is 0 Å². The minimum atomic E-state index is -0.238. The van der Waals surface area contributed by atoms with Gasteiger partial charge in [-0.3, -0.25) is 0 Å². The molecule has 2 fully saturated rings. The summed E-state index contributed by atoms with van der Waals surface area (Å²) in [6, 6.07) is 5.54. The monoisotopic (exact) mass is 265 g/mol. The van der Waals surface area contributed by atoms with Crippen LogP contribution in [0.25, 0.3) is 0 Å². The van der Waals surface area contributed by atoms with Crippen LogP contribution >= 0.6 is 0 Å². The van der Waals surface area contributed by atoms with Crippen LogP contribution in [-0.2, 0) is 11.3 Å². The standard InChI is InChI=1S/C15H20FNO2/c16-12-6-11(9-17-13-3-4-13)7-15(8-12)19-10-14-2-1-5-18-14/h6-8,13-14,17H,1-5,9-10H2. The lowest BCUT2D eigenvalue weighted by atomic mass is 10.2. The Morgan fingerprint density at radius 2 is 2.16 bits per heavy atom. The Hall–Kier alpha value is -1.13. The summed E-state index contributed by atoms with van der Waals surface area (Å²) in [5.74, 6) is 0.362. The minimum absolute atomic E-state index is 0.163. The lowest BCUT2D eigenvalue weighted by molar-refractivity contribution is 0.0678. The van der Waals surface area contributed by atoms with Gasteiger partial charge in [-0.2, -0.15) is 0 Å². The molecule has 1 saturated heterocycles. The van der Waals surface area contributed by atoms with Crippen LogP contribution in [0, 0.1) is 5.82 Å². The second-order valence-electron chi connectivity index (χ2n) is 5.40. The molecule has 4 heteroatoms. The highest BCUT2D eigenvalue weighted by Gasteiger charge is 2.20. The van der Waals surface area contributed by atoms with Gasteiger partial charge in [-0.25, -0.2) is 4.39 Å². The molecular weight excluding hydrogens is 245 g/mol. The van der Waals surface area contributed by atoms with E-state index in [1.165, 1.54) is 18.9 Å². The maximum absolute atomic E-state index is 13.5. The minimum Gasteiger partial charge on any atom is -0.491 e. The highest BCUT2D eigenvalue weighted by molar-refractivity contribution is 5.29. The van der Waals surface area contributed by atoms with Gasteiger partial charge in [0.25, 0.3) is 0 Å². The van der Waals surface area contributed by atoms with Crippen molar-refractivity contribution in [1.82, 2.24) is 5.32 Å². The molecule has 0 aromatic heterocycles. The van der Waals surface area contributed by atoms with E-state index in [2.05, 4.69) is 5.32 Å². The Balaban J connectivity index is 1.56. The summed E-state index contributed by atoms with van der Waals surface area (Å²) in [7, 11) is 0. The molecule has 1 aliphatic carbocycles. The van der Waals surface area contributed by atoms with Crippen molar-refractivity contribution in [3.8, 4) is 5.75 Å². The number of benzene rings is 1. The molecule has 0 radical (unpaired) electrons. The number of nitrogens with one attached hydrogen (secondary N) is 1. The fraction of sp³-hybridized carbons (Fsp3) is 0.600. The van der Waals surface area contributed by atoms with Gasteiger partial charge < -0.3 is 14.8 Å². The van der Waals surface area contributed by atoms with Crippen LogP contribution in [0.2, 0.25) is 0 Å². The zero-order chi connectivity index (χ0) is 13.1. The molecule has 2 aliphatic rings. The van der Waals surface area contributed by atoms with E-state index in [4.69, 9.17) is 9.47 Å². The molecule has 0 spiro atoms. The topological polar surface area (TPSA) is 30.5 Å². The van der Waals surface area contributed by atoms with Crippen molar-refractivity contribution in [1.29, 1.82) is 0 Å². The first-order valence-electron chi connectivity index (χ1n) is 7.07. The molecule has 1 heterocycles. The molecule has 1 unspecified atom stereocenters. The SMILES string of the molecule is Fc1cc(CNC2CC2)cc(OCC2CCCO2)c1. The summed E-state index contributed by atoms with van der Waals surface area (Å²) in [6.07, 6.45) is 4.76. The lowest BCUT2D eigenvalue weighted by Gasteiger charge is -2.13. The van der Waals surface area contributed by atoms with E-state index in [1.54, 1.807) is 6.07 Å². The fourth-order valence-electron chi connectivity index (χ4n) is 2.32. The van der Waals surface area contributed by atoms with Crippen LogP contribution in [0.15, 0.2) is 18.2 Å². The summed E-state index contributed by atoms with van der Waals surface area (Å²) >= 11 is 0. The van der Waals surface area contributed by atoms with Crippen molar-refractivity contribution in [3.05, 3.63) is 29.6 Å².